The van der Waals surface area contributed by atoms with Gasteiger partial charge in [-0.25, -0.2) is 0 Å². The molecule has 0 amide bonds. The van der Waals surface area contributed by atoms with Gasteiger partial charge in [-0.1, -0.05) is 0 Å². The van der Waals surface area contributed by atoms with Crippen LogP contribution < -0.4 is 0 Å². The van der Waals surface area contributed by atoms with Crippen LogP contribution in [0.2, 0.25) is 0 Å². The van der Waals surface area contributed by atoms with Crippen LogP contribution in [0.25, 0.3) is 0 Å². The Morgan fingerprint density at radius 3 is 0.444 bits per heavy atom. The Morgan fingerprint density at radius 2 is 0.444 bits per heavy atom. The monoisotopic (exact) mass is 418 g/mol. The zero-order valence-corrected chi connectivity index (χ0v) is 10.8. The van der Waals surface area contributed by atoms with Crippen molar-refractivity contribution in [1.82, 2.24) is 0 Å². The smallest absolute Gasteiger partial charge is 2.00 e. The molecule has 0 aliphatic rings. The Bertz CT molecular complexity index is 13.0. The Hall–Kier alpha value is 2.05. The molecule has 0 rings (SSSR count). The minimum absolute atomic E-state index is 0. The fraction of sp³-hybridized carbons (Fsp3) is 0. The van der Waals surface area contributed by atoms with E-state index in [1.807, 2.05) is 0 Å². The van der Waals surface area contributed by atoms with Crippen molar-refractivity contribution in [2.45, 2.75) is 0 Å². The Labute approximate surface area is 101 Å². The standard InChI is InChI=1S/6O.Ti.W.Zr/q6*-2;+4;;+4. The molecule has 0 unspecified atom stereocenters. The SMILES string of the molecule is [O-2].[O-2].[O-2].[O-2].[O-2].[O-2].[Ti+4].[W].[Zr+4]. The van der Waals surface area contributed by atoms with E-state index in [-0.39, 0.29) is 102 Å². The predicted octanol–water partition coefficient (Wildman–Crippen LogP) is -0.720. The Balaban J connectivity index is 0. The zero-order valence-electron chi connectivity index (χ0n) is 3.86. The summed E-state index contributed by atoms with van der Waals surface area (Å²) in [5.41, 5.74) is 0. The van der Waals surface area contributed by atoms with Crippen molar-refractivity contribution < 1.29 is 102 Å². The molecule has 9 heteroatoms. The first kappa shape index (κ1) is 266. The van der Waals surface area contributed by atoms with E-state index in [1.54, 1.807) is 0 Å². The molecule has 0 N–H and O–H groups in total. The minimum Gasteiger partial charge on any atom is -2.00 e. The molecule has 0 aromatic carbocycles. The van der Waals surface area contributed by atoms with E-state index >= 15 is 0 Å². The van der Waals surface area contributed by atoms with Gasteiger partial charge in [0.2, 0.25) is 0 Å². The molecule has 0 radical (unpaired) electrons. The van der Waals surface area contributed by atoms with Gasteiger partial charge in [-0.3, -0.25) is 0 Å². The fourth-order valence-corrected chi connectivity index (χ4v) is 0. The van der Waals surface area contributed by atoms with Crippen LogP contribution in [0.5, 0.6) is 0 Å². The molecule has 9 heavy (non-hydrogen) atoms. The van der Waals surface area contributed by atoms with E-state index in [9.17, 15) is 0 Å². The topological polar surface area (TPSA) is 171 Å². The molecule has 0 atom stereocenters. The van der Waals surface area contributed by atoms with E-state index in [1.165, 1.54) is 0 Å². The molecule has 6 nitrogen and oxygen atoms in total. The van der Waals surface area contributed by atoms with Crippen LogP contribution in [0.4, 0.5) is 0 Å². The van der Waals surface area contributed by atoms with Crippen molar-refractivity contribution in [1.29, 1.82) is 0 Å². The molecular formula is O6TiWZr-4. The summed E-state index contributed by atoms with van der Waals surface area (Å²) in [7, 11) is 0. The number of hydrogen-bond donors (Lipinski definition) is 0. The zero-order chi connectivity index (χ0) is 0. The molecule has 0 heterocycles. The summed E-state index contributed by atoms with van der Waals surface area (Å²) in [6.07, 6.45) is 0. The number of hydrogen-bond acceptors (Lipinski definition) is 0. The maximum Gasteiger partial charge on any atom is 4.00 e. The van der Waals surface area contributed by atoms with Gasteiger partial charge < -0.3 is 32.9 Å². The van der Waals surface area contributed by atoms with Crippen LogP contribution >= 0.6 is 0 Å². The summed E-state index contributed by atoms with van der Waals surface area (Å²) in [6, 6.07) is 0. The summed E-state index contributed by atoms with van der Waals surface area (Å²) in [5.74, 6) is 0. The summed E-state index contributed by atoms with van der Waals surface area (Å²) >= 11 is 0. The predicted molar refractivity (Wildman–Crippen MR) is 4.12 cm³/mol. The molecule has 0 fully saturated rings. The largest absolute Gasteiger partial charge is 4.00 e. The van der Waals surface area contributed by atoms with Gasteiger partial charge >= 0.3 is 47.9 Å². The normalized spacial score (nSPS) is 0. The van der Waals surface area contributed by atoms with Crippen molar-refractivity contribution >= 4 is 0 Å². The van der Waals surface area contributed by atoms with Gasteiger partial charge in [0.05, 0.1) is 0 Å². The van der Waals surface area contributed by atoms with Crippen LogP contribution in [-0.4, -0.2) is 0 Å². The number of rotatable bonds is 0. The first-order valence-corrected chi connectivity index (χ1v) is 0. The van der Waals surface area contributed by atoms with Gasteiger partial charge in [-0.2, -0.15) is 0 Å². The fourth-order valence-electron chi connectivity index (χ4n) is 0. The van der Waals surface area contributed by atoms with Gasteiger partial charge in [-0.05, 0) is 0 Å². The summed E-state index contributed by atoms with van der Waals surface area (Å²) in [4.78, 5) is 0. The Kier molecular flexibility index (Phi) is 5810. The molecule has 0 spiro atoms. The van der Waals surface area contributed by atoms with Crippen LogP contribution in [0.15, 0.2) is 0 Å². The first-order chi connectivity index (χ1) is 0. The van der Waals surface area contributed by atoms with Gasteiger partial charge in [0.1, 0.15) is 0 Å². The van der Waals surface area contributed by atoms with Gasteiger partial charge in [0, 0.05) is 21.1 Å². The van der Waals surface area contributed by atoms with Crippen LogP contribution in [0, 0.1) is 0 Å². The molecule has 0 bridgehead atoms. The third-order valence-electron chi connectivity index (χ3n) is 0. The summed E-state index contributed by atoms with van der Waals surface area (Å²) in [5, 5.41) is 0. The third kappa shape index (κ3) is 155. The molecule has 0 saturated heterocycles. The molecule has 0 aliphatic heterocycles. The van der Waals surface area contributed by atoms with E-state index in [0.717, 1.165) is 0 Å². The maximum atomic E-state index is 0. The van der Waals surface area contributed by atoms with E-state index in [4.69, 9.17) is 0 Å². The van der Waals surface area contributed by atoms with Crippen LogP contribution in [0.3, 0.4) is 0 Å². The van der Waals surface area contributed by atoms with Crippen molar-refractivity contribution in [2.75, 3.05) is 0 Å². The van der Waals surface area contributed by atoms with E-state index in [0.29, 0.717) is 0 Å². The molecule has 0 aliphatic carbocycles. The third-order valence-corrected chi connectivity index (χ3v) is 0. The van der Waals surface area contributed by atoms with Crippen LogP contribution in [-0.2, 0) is 102 Å². The van der Waals surface area contributed by atoms with E-state index < -0.39 is 0 Å². The minimum atomic E-state index is 0. The molecule has 0 aromatic rings. The van der Waals surface area contributed by atoms with Gasteiger partial charge in [-0.15, -0.1) is 0 Å². The Morgan fingerprint density at radius 1 is 0.444 bits per heavy atom. The van der Waals surface area contributed by atoms with Gasteiger partial charge in [0.15, 0.2) is 0 Å². The van der Waals surface area contributed by atoms with Crippen molar-refractivity contribution in [3.8, 4) is 0 Å². The quantitative estimate of drug-likeness (QED) is 0.452. The van der Waals surface area contributed by atoms with Crippen molar-refractivity contribution in [3.63, 3.8) is 0 Å². The maximum absolute atomic E-state index is 0. The van der Waals surface area contributed by atoms with Crippen LogP contribution in [0.1, 0.15) is 0 Å². The summed E-state index contributed by atoms with van der Waals surface area (Å²) in [6.45, 7) is 0. The van der Waals surface area contributed by atoms with Crippen molar-refractivity contribution in [3.05, 3.63) is 0 Å². The van der Waals surface area contributed by atoms with Crippen molar-refractivity contribution in [2.24, 2.45) is 0 Å². The first-order valence-electron chi connectivity index (χ1n) is 0. The molecule has 0 saturated carbocycles. The second-order valence-electron chi connectivity index (χ2n) is 0. The molecule has 0 aromatic heterocycles. The second kappa shape index (κ2) is 196. The molecular weight excluding hydrogens is 419 g/mol. The van der Waals surface area contributed by atoms with E-state index in [2.05, 4.69) is 0 Å². The average Bonchev–Trinajstić information content (AvgIpc) is 0. The summed E-state index contributed by atoms with van der Waals surface area (Å²) < 4.78 is 0. The average molecular weight is 419 g/mol. The second-order valence-corrected chi connectivity index (χ2v) is 0. The van der Waals surface area contributed by atoms with Gasteiger partial charge in [0.25, 0.3) is 0 Å². The molecule has 54 valence electrons.